The van der Waals surface area contributed by atoms with Gasteiger partial charge >= 0.3 is 17.9 Å². The zero-order chi connectivity index (χ0) is 74.8. The molecule has 0 spiro atoms. The molecular formula is C76H71Br2ClF8N5O10-. The third-order valence-corrected chi connectivity index (χ3v) is 14.9. The molecule has 0 radical (unpaired) electrons. The van der Waals surface area contributed by atoms with Crippen LogP contribution in [0.25, 0.3) is 0 Å². The fourth-order valence-corrected chi connectivity index (χ4v) is 9.22. The van der Waals surface area contributed by atoms with Crippen molar-refractivity contribution in [2.24, 2.45) is 16.5 Å². The molecule has 7 N–H and O–H groups in total. The number of H-pyrrole nitrogens is 1. The van der Waals surface area contributed by atoms with Crippen LogP contribution >= 0.6 is 31.9 Å². The van der Waals surface area contributed by atoms with Crippen LogP contribution in [0.4, 0.5) is 35.1 Å². The zero-order valence-corrected chi connectivity index (χ0v) is 59.2. The third-order valence-electron chi connectivity index (χ3n) is 13.3. The van der Waals surface area contributed by atoms with Crippen molar-refractivity contribution in [3.63, 3.8) is 0 Å². The number of aromatic amines is 1. The molecule has 0 saturated heterocycles. The summed E-state index contributed by atoms with van der Waals surface area (Å²) in [5.74, 6) is -4.39. The number of aromatic carboxylic acids is 1. The van der Waals surface area contributed by atoms with Crippen molar-refractivity contribution in [1.82, 2.24) is 9.55 Å². The van der Waals surface area contributed by atoms with E-state index in [4.69, 9.17) is 16.2 Å². The Balaban J connectivity index is 0.000000318. The number of rotatable bonds is 15. The zero-order valence-electron chi connectivity index (χ0n) is 55.3. The summed E-state index contributed by atoms with van der Waals surface area (Å²) in [6, 6.07) is 50.5. The number of aliphatic hydroxyl groups excluding tert-OH is 1. The minimum atomic E-state index is -1.34. The largest absolute Gasteiger partial charge is 1.00 e. The number of methoxy groups -OCH3 is 1. The lowest BCUT2D eigenvalue weighted by Gasteiger charge is -2.22. The Kier molecular flexibility index (Phi) is 37.2. The van der Waals surface area contributed by atoms with Gasteiger partial charge < -0.3 is 53.1 Å². The van der Waals surface area contributed by atoms with Gasteiger partial charge in [0.05, 0.1) is 23.8 Å². The predicted octanol–water partition coefficient (Wildman–Crippen LogP) is 13.2. The smallest absolute Gasteiger partial charge is 0.343 e. The summed E-state index contributed by atoms with van der Waals surface area (Å²) in [6.07, 6.45) is 4.02. The Labute approximate surface area is 606 Å². The fourth-order valence-electron chi connectivity index (χ4n) is 8.34. The number of nitrogens with zero attached hydrogens (tertiary/aromatic N) is 2. The molecule has 538 valence electrons. The van der Waals surface area contributed by atoms with Gasteiger partial charge in [-0.25, -0.2) is 44.7 Å². The molecule has 0 bridgehead atoms. The summed E-state index contributed by atoms with van der Waals surface area (Å²) < 4.78 is 113. The fraction of sp³-hybridized carbons (Fsp3) is 0.171. The quantitative estimate of drug-likeness (QED) is 0.0122. The van der Waals surface area contributed by atoms with E-state index in [-0.39, 0.29) is 69.2 Å². The molecular weight excluding hydrogens is 1490 g/mol. The first kappa shape index (κ1) is 86.0. The number of hydrogen-bond acceptors (Lipinski definition) is 11. The Bertz CT molecular complexity index is 4100. The van der Waals surface area contributed by atoms with E-state index in [1.54, 1.807) is 49.4 Å². The highest BCUT2D eigenvalue weighted by Gasteiger charge is 2.23. The van der Waals surface area contributed by atoms with Crippen molar-refractivity contribution in [1.29, 1.82) is 0 Å². The molecule has 8 aromatic carbocycles. The minimum Gasteiger partial charge on any atom is -1.00 e. The number of hydrogen-bond donors (Lipinski definition) is 5. The number of nitrogens with two attached hydrogens (primary N) is 2. The number of carbonyl (C=O) groups excluding carboxylic acids is 3. The van der Waals surface area contributed by atoms with Gasteiger partial charge in [0.25, 0.3) is 11.1 Å². The van der Waals surface area contributed by atoms with E-state index in [1.807, 2.05) is 20.8 Å². The molecule has 2 heterocycles. The number of halogens is 11. The molecule has 0 saturated carbocycles. The number of carbonyl (C=O) groups is 4. The van der Waals surface area contributed by atoms with Crippen LogP contribution in [-0.2, 0) is 14.3 Å². The van der Waals surface area contributed by atoms with Crippen LogP contribution < -0.4 is 35.0 Å². The first-order chi connectivity index (χ1) is 47.9. The normalized spacial score (nSPS) is 10.8. The van der Waals surface area contributed by atoms with Gasteiger partial charge in [-0.05, 0) is 220 Å². The second-order valence-corrected chi connectivity index (χ2v) is 24.1. The first-order valence-corrected chi connectivity index (χ1v) is 32.0. The lowest BCUT2D eigenvalue weighted by Crippen LogP contribution is -3.00. The molecule has 0 amide bonds. The molecule has 2 aromatic heterocycles. The second kappa shape index (κ2) is 44.2. The molecule has 0 aliphatic carbocycles. The van der Waals surface area contributed by atoms with Gasteiger partial charge in [0, 0.05) is 29.0 Å². The molecule has 0 aliphatic rings. The van der Waals surface area contributed by atoms with E-state index in [1.165, 1.54) is 200 Å². The molecule has 0 aliphatic heterocycles. The highest BCUT2D eigenvalue weighted by atomic mass is 79.9. The topological polar surface area (TPSA) is 246 Å². The number of carboxylic acid groups (broad SMARTS) is 1. The number of alkyl halides is 1. The first-order valence-electron chi connectivity index (χ1n) is 30.3. The van der Waals surface area contributed by atoms with E-state index >= 15 is 0 Å². The molecule has 10 rings (SSSR count). The van der Waals surface area contributed by atoms with E-state index in [0.717, 1.165) is 22.0 Å². The van der Waals surface area contributed by atoms with Crippen molar-refractivity contribution >= 4 is 61.9 Å². The summed E-state index contributed by atoms with van der Waals surface area (Å²) in [7, 11) is 1.23. The Morgan fingerprint density at radius 3 is 1.29 bits per heavy atom. The number of pyridine rings is 2. The predicted molar refractivity (Wildman–Crippen MR) is 378 cm³/mol. The van der Waals surface area contributed by atoms with Crippen molar-refractivity contribution in [3.8, 4) is 0 Å². The average Bonchev–Trinajstić information content (AvgIpc) is 0.788. The number of aromatic nitrogens is 2. The highest BCUT2D eigenvalue weighted by molar-refractivity contribution is 9.10. The number of esters is 2. The lowest BCUT2D eigenvalue weighted by molar-refractivity contribution is -0.156. The summed E-state index contributed by atoms with van der Waals surface area (Å²) in [4.78, 5) is 73.3. The summed E-state index contributed by atoms with van der Waals surface area (Å²) in [5, 5.41) is 19.1. The molecule has 15 nitrogen and oxygen atoms in total. The molecule has 102 heavy (non-hydrogen) atoms. The van der Waals surface area contributed by atoms with Crippen LogP contribution in [0.5, 0.6) is 0 Å². The van der Waals surface area contributed by atoms with Crippen molar-refractivity contribution in [2.75, 3.05) is 13.7 Å². The van der Waals surface area contributed by atoms with Gasteiger partial charge in [0.1, 0.15) is 81.7 Å². The highest BCUT2D eigenvalue weighted by Crippen LogP contribution is 2.31. The molecule has 1 atom stereocenters. The summed E-state index contributed by atoms with van der Waals surface area (Å²) >= 11 is 6.68. The van der Waals surface area contributed by atoms with E-state index in [9.17, 15) is 74.1 Å². The summed E-state index contributed by atoms with van der Waals surface area (Å²) in [6.45, 7) is 7.78. The van der Waals surface area contributed by atoms with Crippen LogP contribution in [0.3, 0.4) is 0 Å². The molecule has 0 unspecified atom stereocenters. The van der Waals surface area contributed by atoms with Gasteiger partial charge in [-0.1, -0.05) is 105 Å². The van der Waals surface area contributed by atoms with Gasteiger partial charge in [-0.2, -0.15) is 0 Å². The number of nitrogens with one attached hydrogen (secondary N) is 1. The van der Waals surface area contributed by atoms with Gasteiger partial charge in [0.2, 0.25) is 0 Å². The molecule has 0 fully saturated rings. The van der Waals surface area contributed by atoms with Crippen LogP contribution in [0.2, 0.25) is 0 Å². The molecule has 10 aromatic rings. The van der Waals surface area contributed by atoms with Gasteiger partial charge in [-0.15, -0.1) is 0 Å². The number of benzene rings is 8. The maximum absolute atomic E-state index is 13.3. The monoisotopic (exact) mass is 1560 g/mol. The Morgan fingerprint density at radius 2 is 0.951 bits per heavy atom. The Hall–Kier alpha value is -10.2. The van der Waals surface area contributed by atoms with E-state index in [0.29, 0.717) is 52.9 Å². The maximum Gasteiger partial charge on any atom is 0.343 e. The average molecular weight is 1560 g/mol. The van der Waals surface area contributed by atoms with Crippen molar-refractivity contribution in [3.05, 3.63) is 353 Å². The minimum absolute atomic E-state index is 0. The Morgan fingerprint density at radius 1 is 0.588 bits per heavy atom. The van der Waals surface area contributed by atoms with Crippen LogP contribution in [-0.4, -0.2) is 75.1 Å². The van der Waals surface area contributed by atoms with E-state index < -0.39 is 58.5 Å². The standard InChI is InChI=1S/C19H13F2NO3.C13H9BrF2.C13H10F2O.C11H23N3O2.C7H5FO.C7H7NO3.C6H4BrF.ClH/c20-14-7-3-12(4-8-14)17(13-5-9-15(21)10-6-13)22-11-1-2-16(18(22)23)19(24)25;14-13(9-1-5-11(15)6-2-9)10-3-7-12(16)8-4-10;14-11-5-1-9(2-6-11)13(16)10-3-7-12(15)8-4-10;1-8(12)14-7-5-6-9(13)10(15)16-11(2,3)4;8-7-3-1-6(5-9)2-4-7;1-11-7(10)5-3-2-4-8-6(5)9;7-5-1-3-6(8)4-2-5;/h1-11,17H,(H,24,25);1-8,13H;1-8,13,16H;9H,5-7,13H2,1-4H3,(H2,12,14);1-5H;2-4H,1H3,(H,8,9);1-4H;1H/p-1/t;;;9-;;;;/m...0..../s1. The van der Waals surface area contributed by atoms with E-state index in [2.05, 4.69) is 46.6 Å². The van der Waals surface area contributed by atoms with Crippen LogP contribution in [0.15, 0.2) is 250 Å². The van der Waals surface area contributed by atoms with Gasteiger partial charge in [-0.3, -0.25) is 24.2 Å². The molecule has 26 heteroatoms. The third kappa shape index (κ3) is 31.2. The summed E-state index contributed by atoms with van der Waals surface area (Å²) in [5.41, 5.74) is 13.8. The number of aliphatic hydroxyl groups is 1. The number of aliphatic imine (C=N–C) groups is 1. The lowest BCUT2D eigenvalue weighted by atomic mass is 9.98. The number of aldehydes is 1. The van der Waals surface area contributed by atoms with Gasteiger partial charge in [0.15, 0.2) is 0 Å². The number of amidine groups is 1. The number of carboxylic acids is 1. The van der Waals surface area contributed by atoms with Crippen molar-refractivity contribution in [2.45, 2.75) is 69.2 Å². The van der Waals surface area contributed by atoms with Crippen molar-refractivity contribution < 1.29 is 86.4 Å². The SMILES string of the molecule is CC(N)=NCCC[C@H](N)C(=O)OC(C)(C)C.COC(=O)c1ccc[nH]c1=O.Fc1ccc(Br)cc1.Fc1ccc(C(Br)c2ccc(F)cc2)cc1.O=C(O)c1cccn(C(c2ccc(F)cc2)c2ccc(F)cc2)c1=O.O=Cc1ccc(F)cc1.OC(c1ccc(F)cc1)c1ccc(F)cc1.[Cl-]. The second-order valence-electron chi connectivity index (χ2n) is 22.2. The van der Waals surface area contributed by atoms with Crippen LogP contribution in [0, 0.1) is 46.5 Å². The maximum atomic E-state index is 13.3. The van der Waals surface area contributed by atoms with Crippen LogP contribution in [0.1, 0.15) is 122 Å². The number of ether oxygens (including phenoxy) is 2.